The van der Waals surface area contributed by atoms with Crippen LogP contribution in [0.25, 0.3) is 0 Å². The number of hydrogen-bond donors (Lipinski definition) is 1. The normalized spacial score (nSPS) is 11.4. The van der Waals surface area contributed by atoms with Gasteiger partial charge in [0.25, 0.3) is 0 Å². The molecule has 0 saturated heterocycles. The third-order valence-corrected chi connectivity index (χ3v) is 1.77. The minimum Gasteiger partial charge on any atom is -0.298 e. The first-order valence-corrected chi connectivity index (χ1v) is 4.96. The minimum absolute atomic E-state index is 0.192. The van der Waals surface area contributed by atoms with Crippen molar-refractivity contribution in [1.82, 2.24) is 5.48 Å². The Balaban J connectivity index is 2.41. The third kappa shape index (κ3) is 4.72. The van der Waals surface area contributed by atoms with Crippen LogP contribution >= 0.6 is 0 Å². The molecule has 0 unspecified atom stereocenters. The summed E-state index contributed by atoms with van der Waals surface area (Å²) >= 11 is 0. The second-order valence-corrected chi connectivity index (χ2v) is 4.39. The second kappa shape index (κ2) is 5.05. The van der Waals surface area contributed by atoms with Gasteiger partial charge in [-0.1, -0.05) is 24.3 Å². The minimum atomic E-state index is -0.192. The van der Waals surface area contributed by atoms with Gasteiger partial charge in [0.15, 0.2) is 0 Å². The Morgan fingerprint density at radius 2 is 1.87 bits per heavy atom. The molecule has 0 amide bonds. The zero-order chi connectivity index (χ0) is 11.3. The number of hydroxylamine groups is 1. The van der Waals surface area contributed by atoms with E-state index in [1.807, 2.05) is 32.9 Å². The van der Waals surface area contributed by atoms with Gasteiger partial charge in [-0.25, -0.2) is 0 Å². The molecule has 1 aromatic rings. The van der Waals surface area contributed by atoms with Gasteiger partial charge in [0.1, 0.15) is 6.29 Å². The largest absolute Gasteiger partial charge is 0.298 e. The van der Waals surface area contributed by atoms with Crippen molar-refractivity contribution in [2.75, 3.05) is 0 Å². The first kappa shape index (κ1) is 11.9. The molecule has 0 aliphatic heterocycles. The molecule has 0 spiro atoms. The number of carbonyl (C=O) groups excluding carboxylic acids is 1. The Hall–Kier alpha value is -1.19. The summed E-state index contributed by atoms with van der Waals surface area (Å²) in [6.07, 6.45) is 0.836. The van der Waals surface area contributed by atoms with Crippen molar-refractivity contribution in [3.63, 3.8) is 0 Å². The molecule has 0 atom stereocenters. The van der Waals surface area contributed by atoms with Crippen molar-refractivity contribution in [1.29, 1.82) is 0 Å². The van der Waals surface area contributed by atoms with E-state index < -0.39 is 0 Å². The maximum Gasteiger partial charge on any atom is 0.150 e. The molecule has 1 aromatic carbocycles. The smallest absolute Gasteiger partial charge is 0.150 e. The highest BCUT2D eigenvalue weighted by Crippen LogP contribution is 2.06. The number of carbonyl (C=O) groups is 1. The first-order chi connectivity index (χ1) is 7.01. The summed E-state index contributed by atoms with van der Waals surface area (Å²) in [5, 5.41) is 0. The summed E-state index contributed by atoms with van der Waals surface area (Å²) < 4.78 is 0. The Labute approximate surface area is 90.4 Å². The molecular formula is C12H17NO2. The molecule has 0 bridgehead atoms. The topological polar surface area (TPSA) is 38.3 Å². The van der Waals surface area contributed by atoms with Crippen LogP contribution in [-0.4, -0.2) is 11.9 Å². The first-order valence-electron chi connectivity index (χ1n) is 4.96. The molecule has 1 N–H and O–H groups in total. The number of benzene rings is 1. The number of hydrogen-bond acceptors (Lipinski definition) is 3. The van der Waals surface area contributed by atoms with Gasteiger partial charge >= 0.3 is 0 Å². The zero-order valence-electron chi connectivity index (χ0n) is 9.41. The lowest BCUT2D eigenvalue weighted by molar-refractivity contribution is -0.0757. The molecule has 0 radical (unpaired) electrons. The molecule has 0 heterocycles. The number of rotatable bonds is 4. The number of nitrogens with one attached hydrogen (secondary N) is 1. The monoisotopic (exact) mass is 207 g/mol. The lowest BCUT2D eigenvalue weighted by atomic mass is 10.1. The summed E-state index contributed by atoms with van der Waals surface area (Å²) in [5.74, 6) is 0. The number of aldehydes is 1. The fraction of sp³-hybridized carbons (Fsp3) is 0.417. The van der Waals surface area contributed by atoms with E-state index in [0.29, 0.717) is 12.1 Å². The fourth-order valence-electron chi connectivity index (χ4n) is 1.05. The van der Waals surface area contributed by atoms with E-state index in [1.54, 1.807) is 12.1 Å². The standard InChI is InChI=1S/C12H17NO2/c1-12(2,3)15-13-8-10-4-6-11(9-14)7-5-10/h4-7,9,13H,8H2,1-3H3. The fourth-order valence-corrected chi connectivity index (χ4v) is 1.05. The average Bonchev–Trinajstić information content (AvgIpc) is 2.17. The van der Waals surface area contributed by atoms with Crippen LogP contribution in [-0.2, 0) is 11.4 Å². The van der Waals surface area contributed by atoms with Gasteiger partial charge in [0, 0.05) is 12.1 Å². The van der Waals surface area contributed by atoms with Crippen LogP contribution in [0.5, 0.6) is 0 Å². The Bertz CT molecular complexity index is 311. The Morgan fingerprint density at radius 1 is 1.27 bits per heavy atom. The van der Waals surface area contributed by atoms with E-state index in [0.717, 1.165) is 11.8 Å². The van der Waals surface area contributed by atoms with Crippen LogP contribution in [0.4, 0.5) is 0 Å². The lowest BCUT2D eigenvalue weighted by Gasteiger charge is -2.19. The molecule has 3 nitrogen and oxygen atoms in total. The third-order valence-electron chi connectivity index (χ3n) is 1.77. The van der Waals surface area contributed by atoms with Gasteiger partial charge in [-0.3, -0.25) is 9.63 Å². The van der Waals surface area contributed by atoms with Crippen molar-refractivity contribution in [2.24, 2.45) is 0 Å². The van der Waals surface area contributed by atoms with Crippen molar-refractivity contribution < 1.29 is 9.63 Å². The molecule has 1 rings (SSSR count). The molecular weight excluding hydrogens is 190 g/mol. The van der Waals surface area contributed by atoms with Crippen molar-refractivity contribution in [3.8, 4) is 0 Å². The van der Waals surface area contributed by atoms with Gasteiger partial charge in [-0.15, -0.1) is 0 Å². The predicted molar refractivity (Wildman–Crippen MR) is 59.5 cm³/mol. The van der Waals surface area contributed by atoms with Crippen LogP contribution in [0.3, 0.4) is 0 Å². The summed E-state index contributed by atoms with van der Waals surface area (Å²) in [7, 11) is 0. The zero-order valence-corrected chi connectivity index (χ0v) is 9.41. The van der Waals surface area contributed by atoms with Gasteiger partial charge in [-0.05, 0) is 26.3 Å². The second-order valence-electron chi connectivity index (χ2n) is 4.39. The SMILES string of the molecule is CC(C)(C)ONCc1ccc(C=O)cc1. The molecule has 0 aliphatic rings. The van der Waals surface area contributed by atoms with Crippen LogP contribution in [0.2, 0.25) is 0 Å². The Morgan fingerprint density at radius 3 is 2.33 bits per heavy atom. The molecule has 0 aliphatic carbocycles. The maximum atomic E-state index is 10.4. The van der Waals surface area contributed by atoms with Crippen LogP contribution < -0.4 is 5.48 Å². The molecule has 0 saturated carbocycles. The molecule has 0 aromatic heterocycles. The van der Waals surface area contributed by atoms with E-state index in [9.17, 15) is 4.79 Å². The molecule has 3 heteroatoms. The van der Waals surface area contributed by atoms with E-state index >= 15 is 0 Å². The van der Waals surface area contributed by atoms with Crippen molar-refractivity contribution in [3.05, 3.63) is 35.4 Å². The van der Waals surface area contributed by atoms with Crippen molar-refractivity contribution in [2.45, 2.75) is 32.9 Å². The predicted octanol–water partition coefficient (Wildman–Crippen LogP) is 2.32. The van der Waals surface area contributed by atoms with Crippen molar-refractivity contribution >= 4 is 6.29 Å². The highest BCUT2D eigenvalue weighted by atomic mass is 16.7. The average molecular weight is 207 g/mol. The van der Waals surface area contributed by atoms with Crippen LogP contribution in [0, 0.1) is 0 Å². The summed E-state index contributed by atoms with van der Waals surface area (Å²) in [4.78, 5) is 15.8. The highest BCUT2D eigenvalue weighted by Gasteiger charge is 2.09. The van der Waals surface area contributed by atoms with Crippen LogP contribution in [0.15, 0.2) is 24.3 Å². The highest BCUT2D eigenvalue weighted by molar-refractivity contribution is 5.74. The van der Waals surface area contributed by atoms with Gasteiger partial charge in [0.05, 0.1) is 5.60 Å². The molecule has 82 valence electrons. The van der Waals surface area contributed by atoms with E-state index in [1.165, 1.54) is 0 Å². The summed E-state index contributed by atoms with van der Waals surface area (Å²) in [5.41, 5.74) is 4.48. The van der Waals surface area contributed by atoms with E-state index in [2.05, 4.69) is 5.48 Å². The summed E-state index contributed by atoms with van der Waals surface area (Å²) in [6.45, 7) is 6.58. The maximum absolute atomic E-state index is 10.4. The quantitative estimate of drug-likeness (QED) is 0.608. The van der Waals surface area contributed by atoms with Gasteiger partial charge in [0.2, 0.25) is 0 Å². The van der Waals surface area contributed by atoms with E-state index in [-0.39, 0.29) is 5.60 Å². The molecule has 15 heavy (non-hydrogen) atoms. The molecule has 0 fully saturated rings. The van der Waals surface area contributed by atoms with E-state index in [4.69, 9.17) is 4.84 Å². The lowest BCUT2D eigenvalue weighted by Crippen LogP contribution is -2.28. The van der Waals surface area contributed by atoms with Gasteiger partial charge < -0.3 is 0 Å². The Kier molecular flexibility index (Phi) is 4.00. The van der Waals surface area contributed by atoms with Crippen LogP contribution in [0.1, 0.15) is 36.7 Å². The summed E-state index contributed by atoms with van der Waals surface area (Å²) in [6, 6.07) is 7.40. The van der Waals surface area contributed by atoms with Gasteiger partial charge in [-0.2, -0.15) is 5.48 Å².